The van der Waals surface area contributed by atoms with Crippen LogP contribution in [0.1, 0.15) is 23.2 Å². The van der Waals surface area contributed by atoms with Gasteiger partial charge in [0.25, 0.3) is 5.91 Å². The molecule has 0 aliphatic rings. The number of nitrogens with zero attached hydrogens (tertiary/aromatic N) is 3. The van der Waals surface area contributed by atoms with E-state index in [0.717, 1.165) is 10.9 Å². The Morgan fingerprint density at radius 1 is 1.15 bits per heavy atom. The number of amides is 1. The second kappa shape index (κ2) is 6.40. The van der Waals surface area contributed by atoms with Crippen LogP contribution in [0.25, 0.3) is 10.9 Å². The van der Waals surface area contributed by atoms with Crippen LogP contribution in [0.15, 0.2) is 30.5 Å². The lowest BCUT2D eigenvalue weighted by Crippen LogP contribution is -2.32. The van der Waals surface area contributed by atoms with Crippen LogP contribution in [0.3, 0.4) is 0 Å². The summed E-state index contributed by atoms with van der Waals surface area (Å²) in [5, 5.41) is 18.3. The minimum absolute atomic E-state index is 0.146. The van der Waals surface area contributed by atoms with Gasteiger partial charge in [-0.1, -0.05) is 6.07 Å². The van der Waals surface area contributed by atoms with Gasteiger partial charge in [-0.3, -0.25) is 4.79 Å². The topological polar surface area (TPSA) is 83.7 Å². The van der Waals surface area contributed by atoms with Crippen molar-refractivity contribution >= 4 is 16.8 Å². The molecule has 2 aromatic rings. The second-order valence-corrected chi connectivity index (χ2v) is 4.39. The van der Waals surface area contributed by atoms with E-state index in [1.54, 1.807) is 17.0 Å². The maximum Gasteiger partial charge on any atom is 0.253 e. The third-order valence-corrected chi connectivity index (χ3v) is 3.08. The Morgan fingerprint density at radius 2 is 1.85 bits per heavy atom. The molecule has 0 saturated carbocycles. The Kier molecular flexibility index (Phi) is 4.36. The monoisotopic (exact) mass is 266 g/mol. The Morgan fingerprint density at radius 3 is 2.50 bits per heavy atom. The molecule has 0 bridgehead atoms. The van der Waals surface area contributed by atoms with Crippen molar-refractivity contribution in [3.63, 3.8) is 0 Å². The van der Waals surface area contributed by atoms with E-state index in [-0.39, 0.29) is 18.7 Å². The smallest absolute Gasteiger partial charge is 0.253 e. The molecule has 20 heavy (non-hydrogen) atoms. The number of nitrogens with one attached hydrogen (secondary N) is 1. The Labute approximate surface area is 117 Å². The molecule has 0 atom stereocenters. The molecule has 2 rings (SSSR count). The minimum atomic E-state index is -0.146. The van der Waals surface area contributed by atoms with Gasteiger partial charge in [-0.15, -0.1) is 0 Å². The zero-order valence-electron chi connectivity index (χ0n) is 11.0. The fourth-order valence-electron chi connectivity index (χ4n) is 2.05. The van der Waals surface area contributed by atoms with Gasteiger partial charge in [-0.25, -0.2) is 0 Å². The summed E-state index contributed by atoms with van der Waals surface area (Å²) in [6.07, 6.45) is 2.35. The zero-order chi connectivity index (χ0) is 14.4. The van der Waals surface area contributed by atoms with Gasteiger partial charge in [0.1, 0.15) is 0 Å². The van der Waals surface area contributed by atoms with Crippen molar-refractivity contribution in [2.75, 3.05) is 13.1 Å². The quantitative estimate of drug-likeness (QED) is 0.902. The van der Waals surface area contributed by atoms with E-state index >= 15 is 0 Å². The largest absolute Gasteiger partial charge is 0.361 e. The number of aromatic amines is 1. The van der Waals surface area contributed by atoms with Crippen molar-refractivity contribution in [3.8, 4) is 12.1 Å². The molecular weight excluding hydrogens is 252 g/mol. The van der Waals surface area contributed by atoms with Gasteiger partial charge in [-0.05, 0) is 23.6 Å². The summed E-state index contributed by atoms with van der Waals surface area (Å²) in [5.74, 6) is -0.146. The Balaban J connectivity index is 2.20. The Hall–Kier alpha value is -2.79. The van der Waals surface area contributed by atoms with E-state index in [1.807, 2.05) is 30.5 Å². The molecule has 1 amide bonds. The van der Waals surface area contributed by atoms with Crippen LogP contribution in [0.4, 0.5) is 0 Å². The highest BCUT2D eigenvalue weighted by Crippen LogP contribution is 2.16. The van der Waals surface area contributed by atoms with Gasteiger partial charge in [0.15, 0.2) is 0 Å². The summed E-state index contributed by atoms with van der Waals surface area (Å²) in [4.78, 5) is 17.0. The van der Waals surface area contributed by atoms with E-state index in [1.165, 1.54) is 0 Å². The predicted molar refractivity (Wildman–Crippen MR) is 74.7 cm³/mol. The number of fused-ring (bicyclic) bond motifs is 1. The first-order chi connectivity index (χ1) is 9.76. The van der Waals surface area contributed by atoms with E-state index in [2.05, 4.69) is 4.98 Å². The molecule has 0 fully saturated rings. The fraction of sp³-hybridized carbons (Fsp3) is 0.267. The molecule has 1 aromatic carbocycles. The van der Waals surface area contributed by atoms with Crippen molar-refractivity contribution in [2.45, 2.75) is 12.8 Å². The number of hydrogen-bond donors (Lipinski definition) is 1. The molecule has 5 nitrogen and oxygen atoms in total. The highest BCUT2D eigenvalue weighted by Gasteiger charge is 2.15. The fourth-order valence-corrected chi connectivity index (χ4v) is 2.05. The molecule has 1 N–H and O–H groups in total. The number of H-pyrrole nitrogens is 1. The molecule has 1 aromatic heterocycles. The van der Waals surface area contributed by atoms with Gasteiger partial charge in [0.05, 0.1) is 25.0 Å². The van der Waals surface area contributed by atoms with Crippen LogP contribution in [-0.2, 0) is 0 Å². The molecule has 100 valence electrons. The number of carbonyl (C=O) groups excluding carboxylic acids is 1. The summed E-state index contributed by atoms with van der Waals surface area (Å²) in [6.45, 7) is 0.694. The first kappa shape index (κ1) is 13.6. The van der Waals surface area contributed by atoms with Crippen molar-refractivity contribution in [2.24, 2.45) is 0 Å². The third kappa shape index (κ3) is 2.96. The average Bonchev–Trinajstić information content (AvgIpc) is 2.94. The third-order valence-electron chi connectivity index (χ3n) is 3.08. The first-order valence-corrected chi connectivity index (χ1v) is 6.36. The SMILES string of the molecule is N#CCCN(CCC#N)C(=O)c1ccc2cc[nH]c2c1. The first-order valence-electron chi connectivity index (χ1n) is 6.36. The molecule has 5 heteroatoms. The number of hydrogen-bond acceptors (Lipinski definition) is 3. The lowest BCUT2D eigenvalue weighted by molar-refractivity contribution is 0.0762. The predicted octanol–water partition coefficient (Wildman–Crippen LogP) is 2.44. The zero-order valence-corrected chi connectivity index (χ0v) is 11.0. The summed E-state index contributed by atoms with van der Waals surface area (Å²) < 4.78 is 0. The maximum absolute atomic E-state index is 12.4. The van der Waals surface area contributed by atoms with Crippen molar-refractivity contribution in [3.05, 3.63) is 36.0 Å². The molecule has 0 unspecified atom stereocenters. The second-order valence-electron chi connectivity index (χ2n) is 4.39. The van der Waals surface area contributed by atoms with Gasteiger partial charge in [0, 0.05) is 30.4 Å². The lowest BCUT2D eigenvalue weighted by Gasteiger charge is -2.20. The molecular formula is C15H14N4O. The highest BCUT2D eigenvalue weighted by molar-refractivity contribution is 5.97. The minimum Gasteiger partial charge on any atom is -0.361 e. The summed E-state index contributed by atoms with van der Waals surface area (Å²) in [5.41, 5.74) is 1.46. The molecule has 1 heterocycles. The van der Waals surface area contributed by atoms with E-state index in [9.17, 15) is 4.79 Å². The molecule has 0 saturated heterocycles. The van der Waals surface area contributed by atoms with E-state index in [0.29, 0.717) is 18.7 Å². The number of carbonyl (C=O) groups is 1. The number of nitriles is 2. The van der Waals surface area contributed by atoms with Gasteiger partial charge in [0.2, 0.25) is 0 Å². The molecule has 0 aliphatic heterocycles. The number of aromatic nitrogens is 1. The molecule has 0 aliphatic carbocycles. The van der Waals surface area contributed by atoms with Crippen molar-refractivity contribution < 1.29 is 4.79 Å². The standard InChI is InChI=1S/C15H14N4O/c16-6-1-9-19(10-2-7-17)15(20)13-4-3-12-5-8-18-14(12)11-13/h3-5,8,11,18H,1-2,9-10H2. The van der Waals surface area contributed by atoms with Crippen molar-refractivity contribution in [1.29, 1.82) is 10.5 Å². The van der Waals surface area contributed by atoms with Crippen LogP contribution < -0.4 is 0 Å². The van der Waals surface area contributed by atoms with Gasteiger partial charge in [-0.2, -0.15) is 10.5 Å². The van der Waals surface area contributed by atoms with Crippen LogP contribution in [0, 0.1) is 22.7 Å². The number of benzene rings is 1. The van der Waals surface area contributed by atoms with Crippen LogP contribution in [0.5, 0.6) is 0 Å². The normalized spacial score (nSPS) is 9.90. The summed E-state index contributed by atoms with van der Waals surface area (Å²) >= 11 is 0. The summed E-state index contributed by atoms with van der Waals surface area (Å²) in [6, 6.07) is 11.4. The van der Waals surface area contributed by atoms with E-state index < -0.39 is 0 Å². The van der Waals surface area contributed by atoms with Gasteiger partial charge >= 0.3 is 0 Å². The van der Waals surface area contributed by atoms with Crippen LogP contribution >= 0.6 is 0 Å². The number of rotatable bonds is 5. The van der Waals surface area contributed by atoms with Gasteiger partial charge < -0.3 is 9.88 Å². The van der Waals surface area contributed by atoms with Crippen LogP contribution in [0.2, 0.25) is 0 Å². The lowest BCUT2D eigenvalue weighted by atomic mass is 10.1. The molecule has 0 spiro atoms. The maximum atomic E-state index is 12.4. The average molecular weight is 266 g/mol. The van der Waals surface area contributed by atoms with E-state index in [4.69, 9.17) is 10.5 Å². The molecule has 0 radical (unpaired) electrons. The highest BCUT2D eigenvalue weighted by atomic mass is 16.2. The summed E-state index contributed by atoms with van der Waals surface area (Å²) in [7, 11) is 0. The van der Waals surface area contributed by atoms with Crippen LogP contribution in [-0.4, -0.2) is 28.9 Å². The Bertz CT molecular complexity index is 672. The van der Waals surface area contributed by atoms with Crippen molar-refractivity contribution in [1.82, 2.24) is 9.88 Å².